The zero-order chi connectivity index (χ0) is 13.0. The molecule has 1 aliphatic heterocycles. The molecule has 1 heterocycles. The third-order valence-corrected chi connectivity index (χ3v) is 3.19. The van der Waals surface area contributed by atoms with Gasteiger partial charge in [0.25, 0.3) is 0 Å². The lowest BCUT2D eigenvalue weighted by molar-refractivity contribution is -0.143. The van der Waals surface area contributed by atoms with E-state index in [9.17, 15) is 9.59 Å². The quantitative estimate of drug-likeness (QED) is 0.751. The molecule has 5 nitrogen and oxygen atoms in total. The highest BCUT2D eigenvalue weighted by molar-refractivity contribution is 5.80. The summed E-state index contributed by atoms with van der Waals surface area (Å²) in [7, 11) is 0. The average molecular weight is 243 g/mol. The highest BCUT2D eigenvalue weighted by Gasteiger charge is 2.29. The zero-order valence-corrected chi connectivity index (χ0v) is 10.6. The standard InChI is InChI=1S/C12H21NO4/c1-7(2)10(12(15)16)5-13-11(14)9-4-8(3)17-6-9/h7-10H,4-6H2,1-3H3,(H,13,14)(H,15,16). The second-order valence-corrected chi connectivity index (χ2v) is 5.01. The van der Waals surface area contributed by atoms with E-state index in [1.807, 2.05) is 20.8 Å². The number of hydrogen-bond acceptors (Lipinski definition) is 3. The van der Waals surface area contributed by atoms with Gasteiger partial charge in [-0.1, -0.05) is 13.8 Å². The Kier molecular flexibility index (Phi) is 4.93. The number of carboxylic acids is 1. The molecule has 17 heavy (non-hydrogen) atoms. The Morgan fingerprint density at radius 2 is 2.12 bits per heavy atom. The van der Waals surface area contributed by atoms with Crippen LogP contribution in [-0.2, 0) is 14.3 Å². The van der Waals surface area contributed by atoms with Crippen molar-refractivity contribution in [3.8, 4) is 0 Å². The fraction of sp³-hybridized carbons (Fsp3) is 0.833. The summed E-state index contributed by atoms with van der Waals surface area (Å²) < 4.78 is 5.31. The molecule has 0 aromatic heterocycles. The average Bonchev–Trinajstić information content (AvgIpc) is 2.63. The molecule has 3 atom stereocenters. The third-order valence-electron chi connectivity index (χ3n) is 3.19. The van der Waals surface area contributed by atoms with Crippen LogP contribution < -0.4 is 5.32 Å². The number of carbonyl (C=O) groups excluding carboxylic acids is 1. The molecular weight excluding hydrogens is 222 g/mol. The van der Waals surface area contributed by atoms with Crippen LogP contribution in [0.2, 0.25) is 0 Å². The number of aliphatic carboxylic acids is 1. The first-order valence-corrected chi connectivity index (χ1v) is 6.04. The van der Waals surface area contributed by atoms with E-state index in [0.717, 1.165) is 0 Å². The molecule has 0 radical (unpaired) electrons. The minimum Gasteiger partial charge on any atom is -0.481 e. The molecule has 0 spiro atoms. The topological polar surface area (TPSA) is 75.6 Å². The predicted octanol–water partition coefficient (Wildman–Crippen LogP) is 0.884. The summed E-state index contributed by atoms with van der Waals surface area (Å²) in [6, 6.07) is 0. The van der Waals surface area contributed by atoms with Crippen molar-refractivity contribution in [3.05, 3.63) is 0 Å². The Morgan fingerprint density at radius 3 is 2.53 bits per heavy atom. The van der Waals surface area contributed by atoms with E-state index in [1.54, 1.807) is 0 Å². The first kappa shape index (κ1) is 14.0. The van der Waals surface area contributed by atoms with Gasteiger partial charge in [-0.25, -0.2) is 0 Å². The number of nitrogens with one attached hydrogen (secondary N) is 1. The normalized spacial score (nSPS) is 25.9. The monoisotopic (exact) mass is 243 g/mol. The number of rotatable bonds is 5. The molecule has 0 bridgehead atoms. The van der Waals surface area contributed by atoms with Gasteiger partial charge >= 0.3 is 5.97 Å². The van der Waals surface area contributed by atoms with Gasteiger partial charge in [-0.3, -0.25) is 9.59 Å². The summed E-state index contributed by atoms with van der Waals surface area (Å²) in [6.45, 7) is 6.24. The molecular formula is C12H21NO4. The summed E-state index contributed by atoms with van der Waals surface area (Å²) in [4.78, 5) is 22.7. The minimum absolute atomic E-state index is 0.00607. The number of hydrogen-bond donors (Lipinski definition) is 2. The van der Waals surface area contributed by atoms with E-state index in [4.69, 9.17) is 9.84 Å². The van der Waals surface area contributed by atoms with Gasteiger partial charge in [0.1, 0.15) is 0 Å². The number of ether oxygens (including phenoxy) is 1. The lowest BCUT2D eigenvalue weighted by Crippen LogP contribution is -2.38. The van der Waals surface area contributed by atoms with Crippen molar-refractivity contribution >= 4 is 11.9 Å². The lowest BCUT2D eigenvalue weighted by atomic mass is 9.95. The van der Waals surface area contributed by atoms with Crippen LogP contribution in [0.5, 0.6) is 0 Å². The Morgan fingerprint density at radius 1 is 1.47 bits per heavy atom. The molecule has 0 saturated carbocycles. The molecule has 0 aromatic carbocycles. The Bertz CT molecular complexity index is 290. The van der Waals surface area contributed by atoms with Crippen molar-refractivity contribution in [2.45, 2.75) is 33.3 Å². The van der Waals surface area contributed by atoms with Crippen LogP contribution in [0, 0.1) is 17.8 Å². The minimum atomic E-state index is -0.865. The molecule has 1 rings (SSSR count). The Balaban J connectivity index is 2.39. The molecule has 98 valence electrons. The van der Waals surface area contributed by atoms with Crippen LogP contribution in [0.15, 0.2) is 0 Å². The highest BCUT2D eigenvalue weighted by atomic mass is 16.5. The molecule has 1 fully saturated rings. The van der Waals surface area contributed by atoms with Crippen LogP contribution in [0.3, 0.4) is 0 Å². The molecule has 2 N–H and O–H groups in total. The van der Waals surface area contributed by atoms with Crippen LogP contribution in [0.25, 0.3) is 0 Å². The van der Waals surface area contributed by atoms with E-state index in [0.29, 0.717) is 13.0 Å². The van der Waals surface area contributed by atoms with Crippen LogP contribution in [-0.4, -0.2) is 36.2 Å². The maximum atomic E-state index is 11.8. The smallest absolute Gasteiger partial charge is 0.308 e. The predicted molar refractivity (Wildman–Crippen MR) is 62.5 cm³/mol. The number of amides is 1. The first-order valence-electron chi connectivity index (χ1n) is 6.04. The van der Waals surface area contributed by atoms with Gasteiger partial charge in [0, 0.05) is 6.54 Å². The van der Waals surface area contributed by atoms with Crippen LogP contribution in [0.4, 0.5) is 0 Å². The fourth-order valence-corrected chi connectivity index (χ4v) is 1.96. The van der Waals surface area contributed by atoms with Crippen molar-refractivity contribution in [2.24, 2.45) is 17.8 Å². The van der Waals surface area contributed by atoms with E-state index in [1.165, 1.54) is 0 Å². The second-order valence-electron chi connectivity index (χ2n) is 5.01. The molecule has 0 aromatic rings. The molecule has 5 heteroatoms. The van der Waals surface area contributed by atoms with Crippen molar-refractivity contribution < 1.29 is 19.4 Å². The van der Waals surface area contributed by atoms with Gasteiger partial charge in [-0.2, -0.15) is 0 Å². The third kappa shape index (κ3) is 4.00. The molecule has 3 unspecified atom stereocenters. The Hall–Kier alpha value is -1.10. The fourth-order valence-electron chi connectivity index (χ4n) is 1.96. The molecule has 0 aliphatic carbocycles. The molecule has 1 amide bonds. The van der Waals surface area contributed by atoms with Crippen molar-refractivity contribution in [2.75, 3.05) is 13.2 Å². The lowest BCUT2D eigenvalue weighted by Gasteiger charge is -2.18. The summed E-state index contributed by atoms with van der Waals surface area (Å²) in [5.74, 6) is -1.62. The molecule has 1 saturated heterocycles. The van der Waals surface area contributed by atoms with Gasteiger partial charge in [0.05, 0.1) is 24.5 Å². The van der Waals surface area contributed by atoms with Crippen LogP contribution >= 0.6 is 0 Å². The summed E-state index contributed by atoms with van der Waals surface area (Å²) in [6.07, 6.45) is 0.830. The van der Waals surface area contributed by atoms with Crippen LogP contribution in [0.1, 0.15) is 27.2 Å². The summed E-state index contributed by atoms with van der Waals surface area (Å²) in [5, 5.41) is 11.7. The van der Waals surface area contributed by atoms with E-state index < -0.39 is 11.9 Å². The summed E-state index contributed by atoms with van der Waals surface area (Å²) in [5.41, 5.74) is 0. The van der Waals surface area contributed by atoms with Crippen molar-refractivity contribution in [3.63, 3.8) is 0 Å². The van der Waals surface area contributed by atoms with E-state index in [2.05, 4.69) is 5.32 Å². The largest absolute Gasteiger partial charge is 0.481 e. The number of carbonyl (C=O) groups is 2. The molecule has 1 aliphatic rings. The summed E-state index contributed by atoms with van der Waals surface area (Å²) >= 11 is 0. The maximum absolute atomic E-state index is 11.8. The Labute approximate surface area is 102 Å². The maximum Gasteiger partial charge on any atom is 0.308 e. The van der Waals surface area contributed by atoms with Gasteiger partial charge in [0.2, 0.25) is 5.91 Å². The van der Waals surface area contributed by atoms with Gasteiger partial charge in [-0.15, -0.1) is 0 Å². The van der Waals surface area contributed by atoms with E-state index in [-0.39, 0.29) is 30.4 Å². The van der Waals surface area contributed by atoms with Gasteiger partial charge in [0.15, 0.2) is 0 Å². The van der Waals surface area contributed by atoms with E-state index >= 15 is 0 Å². The second kappa shape index (κ2) is 6.00. The van der Waals surface area contributed by atoms with Gasteiger partial charge < -0.3 is 15.2 Å². The van der Waals surface area contributed by atoms with Crippen molar-refractivity contribution in [1.29, 1.82) is 0 Å². The highest BCUT2D eigenvalue weighted by Crippen LogP contribution is 2.19. The SMILES string of the molecule is CC1CC(C(=O)NCC(C(=O)O)C(C)C)CO1. The van der Waals surface area contributed by atoms with Crippen molar-refractivity contribution in [1.82, 2.24) is 5.32 Å². The first-order chi connectivity index (χ1) is 7.91. The van der Waals surface area contributed by atoms with Gasteiger partial charge in [-0.05, 0) is 19.3 Å². The number of carboxylic acid groups (broad SMARTS) is 1. The zero-order valence-electron chi connectivity index (χ0n) is 10.6.